The van der Waals surface area contributed by atoms with Crippen molar-refractivity contribution in [3.8, 4) is 0 Å². The molecule has 4 atom stereocenters. The van der Waals surface area contributed by atoms with Crippen LogP contribution in [0.4, 0.5) is 0 Å². The summed E-state index contributed by atoms with van der Waals surface area (Å²) in [5.74, 6) is 0.615. The third-order valence-corrected chi connectivity index (χ3v) is 7.15. The highest BCUT2D eigenvalue weighted by Crippen LogP contribution is 2.31. The zero-order chi connectivity index (χ0) is 25.0. The minimum atomic E-state index is -0.560. The van der Waals surface area contributed by atoms with E-state index in [2.05, 4.69) is 33.0 Å². The van der Waals surface area contributed by atoms with Gasteiger partial charge < -0.3 is 14.8 Å². The maximum Gasteiger partial charge on any atom is 0.328 e. The van der Waals surface area contributed by atoms with Crippen molar-refractivity contribution in [1.29, 1.82) is 0 Å². The lowest BCUT2D eigenvalue weighted by molar-refractivity contribution is -0.164. The van der Waals surface area contributed by atoms with E-state index in [1.54, 1.807) is 0 Å². The van der Waals surface area contributed by atoms with Gasteiger partial charge in [-0.2, -0.15) is 0 Å². The minimum absolute atomic E-state index is 0.122. The summed E-state index contributed by atoms with van der Waals surface area (Å²) in [7, 11) is 0. The average molecular weight is 482 g/mol. The van der Waals surface area contributed by atoms with Gasteiger partial charge in [-0.05, 0) is 31.6 Å². The normalized spacial score (nSPS) is 19.4. The number of hydrogen-bond acceptors (Lipinski definition) is 4. The molecule has 1 heterocycles. The second-order valence-electron chi connectivity index (χ2n) is 10.9. The fourth-order valence-electron chi connectivity index (χ4n) is 4.93. The van der Waals surface area contributed by atoms with Crippen LogP contribution in [0.1, 0.15) is 137 Å². The lowest BCUT2D eigenvalue weighted by atomic mass is 9.87. The zero-order valence-electron chi connectivity index (χ0n) is 22.8. The van der Waals surface area contributed by atoms with Gasteiger partial charge in [0.1, 0.15) is 12.1 Å². The molecule has 1 fully saturated rings. The number of nitrogens with one attached hydrogen (secondary N) is 1. The molecule has 0 radical (unpaired) electrons. The number of unbranched alkanes of at least 4 members (excludes halogenated alkanes) is 11. The molecule has 0 spiro atoms. The Morgan fingerprint density at radius 3 is 2.06 bits per heavy atom. The van der Waals surface area contributed by atoms with Gasteiger partial charge in [0.2, 0.25) is 6.41 Å². The monoisotopic (exact) mass is 481 g/mol. The van der Waals surface area contributed by atoms with Crippen molar-refractivity contribution in [2.45, 2.75) is 155 Å². The molecule has 0 aromatic rings. The van der Waals surface area contributed by atoms with Crippen LogP contribution in [-0.4, -0.2) is 37.2 Å². The SMILES string of the molecule is CCCCCCCCCCC[C@H](C[C@@H]1OC[C@H]1CCCCCC)OC(=O)[C@@H](CC(C)C)NC=O. The van der Waals surface area contributed by atoms with E-state index in [1.165, 1.54) is 83.5 Å². The van der Waals surface area contributed by atoms with Gasteiger partial charge in [0.15, 0.2) is 0 Å². The van der Waals surface area contributed by atoms with Crippen LogP contribution in [0.5, 0.6) is 0 Å². The van der Waals surface area contributed by atoms with Gasteiger partial charge in [-0.25, -0.2) is 4.79 Å². The molecule has 5 nitrogen and oxygen atoms in total. The highest BCUT2D eigenvalue weighted by molar-refractivity contribution is 5.78. The summed E-state index contributed by atoms with van der Waals surface area (Å²) in [6.07, 6.45) is 20.9. The van der Waals surface area contributed by atoms with Crippen molar-refractivity contribution in [3.05, 3.63) is 0 Å². The molecule has 1 amide bonds. The molecule has 1 aliphatic rings. The first kappa shape index (κ1) is 30.9. The predicted molar refractivity (Wildman–Crippen MR) is 141 cm³/mol. The first-order chi connectivity index (χ1) is 16.5. The van der Waals surface area contributed by atoms with E-state index in [4.69, 9.17) is 9.47 Å². The summed E-state index contributed by atoms with van der Waals surface area (Å²) in [6, 6.07) is -0.560. The van der Waals surface area contributed by atoms with Gasteiger partial charge >= 0.3 is 5.97 Å². The number of hydrogen-bond donors (Lipinski definition) is 1. The van der Waals surface area contributed by atoms with E-state index in [0.717, 1.165) is 25.9 Å². The molecule has 0 aromatic heterocycles. The van der Waals surface area contributed by atoms with E-state index in [0.29, 0.717) is 24.7 Å². The van der Waals surface area contributed by atoms with Crippen LogP contribution in [0.3, 0.4) is 0 Å². The van der Waals surface area contributed by atoms with Crippen LogP contribution in [0, 0.1) is 11.8 Å². The molecule has 0 saturated carbocycles. The fraction of sp³-hybridized carbons (Fsp3) is 0.931. The van der Waals surface area contributed by atoms with Crippen molar-refractivity contribution in [2.75, 3.05) is 6.61 Å². The van der Waals surface area contributed by atoms with Crippen LogP contribution in [-0.2, 0) is 19.1 Å². The molecule has 34 heavy (non-hydrogen) atoms. The van der Waals surface area contributed by atoms with E-state index >= 15 is 0 Å². The average Bonchev–Trinajstić information content (AvgIpc) is 2.79. The number of carbonyl (C=O) groups excluding carboxylic acids is 2. The number of carbonyl (C=O) groups is 2. The van der Waals surface area contributed by atoms with Crippen LogP contribution in [0.25, 0.3) is 0 Å². The maximum atomic E-state index is 12.9. The molecule has 0 unspecified atom stereocenters. The van der Waals surface area contributed by atoms with Crippen LogP contribution < -0.4 is 5.32 Å². The van der Waals surface area contributed by atoms with Gasteiger partial charge in [-0.15, -0.1) is 0 Å². The molecule has 1 N–H and O–H groups in total. The molecule has 0 bridgehead atoms. The topological polar surface area (TPSA) is 64.6 Å². The first-order valence-electron chi connectivity index (χ1n) is 14.5. The fourth-order valence-corrected chi connectivity index (χ4v) is 4.93. The highest BCUT2D eigenvalue weighted by atomic mass is 16.6. The zero-order valence-corrected chi connectivity index (χ0v) is 22.8. The molecule has 1 aliphatic heterocycles. The first-order valence-corrected chi connectivity index (χ1v) is 14.5. The smallest absolute Gasteiger partial charge is 0.328 e. The second-order valence-corrected chi connectivity index (χ2v) is 10.9. The second kappa shape index (κ2) is 20.1. The van der Waals surface area contributed by atoms with Crippen molar-refractivity contribution in [3.63, 3.8) is 0 Å². The summed E-state index contributed by atoms with van der Waals surface area (Å²) < 4.78 is 11.9. The summed E-state index contributed by atoms with van der Waals surface area (Å²) in [4.78, 5) is 23.9. The maximum absolute atomic E-state index is 12.9. The van der Waals surface area contributed by atoms with Gasteiger partial charge in [0.25, 0.3) is 0 Å². The third kappa shape index (κ3) is 14.3. The van der Waals surface area contributed by atoms with E-state index in [-0.39, 0.29) is 18.2 Å². The summed E-state index contributed by atoms with van der Waals surface area (Å²) in [5.41, 5.74) is 0. The summed E-state index contributed by atoms with van der Waals surface area (Å²) >= 11 is 0. The van der Waals surface area contributed by atoms with Gasteiger partial charge in [-0.1, -0.05) is 105 Å². The Bertz CT molecular complexity index is 510. The molecule has 5 heteroatoms. The molecular formula is C29H55NO4. The summed E-state index contributed by atoms with van der Waals surface area (Å²) in [5, 5.41) is 2.67. The van der Waals surface area contributed by atoms with Gasteiger partial charge in [-0.3, -0.25) is 4.79 Å². The molecule has 1 saturated heterocycles. The Labute approximate surface area is 210 Å². The van der Waals surface area contributed by atoms with Crippen molar-refractivity contribution < 1.29 is 19.1 Å². The largest absolute Gasteiger partial charge is 0.461 e. The standard InChI is InChI=1S/C29H55NO4/c1-5-7-9-11-12-13-14-15-17-19-26(34-29(32)27(30-23-31)20-24(3)4)21-28-25(22-33-28)18-16-10-8-6-2/h23-28H,5-22H2,1-4H3,(H,30,31)/t25-,26-,27-,28+/m1/s1. The molecule has 0 aliphatic carbocycles. The van der Waals surface area contributed by atoms with Crippen molar-refractivity contribution in [1.82, 2.24) is 5.32 Å². The van der Waals surface area contributed by atoms with Crippen molar-refractivity contribution in [2.24, 2.45) is 11.8 Å². The number of esters is 1. The quantitative estimate of drug-likeness (QED) is 0.0941. The number of ether oxygens (including phenoxy) is 2. The van der Waals surface area contributed by atoms with Crippen LogP contribution in [0.15, 0.2) is 0 Å². The Kier molecular flexibility index (Phi) is 18.3. The predicted octanol–water partition coefficient (Wildman–Crippen LogP) is 7.36. The lowest BCUT2D eigenvalue weighted by Crippen LogP contribution is -2.44. The molecular weight excluding hydrogens is 426 g/mol. The Morgan fingerprint density at radius 2 is 1.53 bits per heavy atom. The Balaban J connectivity index is 2.50. The van der Waals surface area contributed by atoms with Crippen molar-refractivity contribution >= 4 is 12.4 Å². The third-order valence-electron chi connectivity index (χ3n) is 7.15. The minimum Gasteiger partial charge on any atom is -0.461 e. The lowest BCUT2D eigenvalue weighted by Gasteiger charge is -2.39. The molecule has 0 aromatic carbocycles. The molecule has 200 valence electrons. The van der Waals surface area contributed by atoms with Crippen LogP contribution >= 0.6 is 0 Å². The van der Waals surface area contributed by atoms with E-state index < -0.39 is 6.04 Å². The molecule has 1 rings (SSSR count). The van der Waals surface area contributed by atoms with Gasteiger partial charge in [0, 0.05) is 12.3 Å². The number of amides is 1. The van der Waals surface area contributed by atoms with Crippen LogP contribution in [0.2, 0.25) is 0 Å². The van der Waals surface area contributed by atoms with E-state index in [9.17, 15) is 9.59 Å². The van der Waals surface area contributed by atoms with Gasteiger partial charge in [0.05, 0.1) is 12.7 Å². The summed E-state index contributed by atoms with van der Waals surface area (Å²) in [6.45, 7) is 9.45. The Morgan fingerprint density at radius 1 is 0.941 bits per heavy atom. The Hall–Kier alpha value is -1.10. The number of rotatable bonds is 23. The van der Waals surface area contributed by atoms with E-state index in [1.807, 2.05) is 0 Å². The highest BCUT2D eigenvalue weighted by Gasteiger charge is 2.35.